The first-order chi connectivity index (χ1) is 10.5. The number of rotatable bonds is 3. The van der Waals surface area contributed by atoms with Gasteiger partial charge >= 0.3 is 0 Å². The van der Waals surface area contributed by atoms with Gasteiger partial charge in [0.05, 0.1) is 5.69 Å². The minimum atomic E-state index is -0.462. The second-order valence-corrected chi connectivity index (χ2v) is 6.36. The van der Waals surface area contributed by atoms with Crippen molar-refractivity contribution in [2.45, 2.75) is 30.7 Å². The number of amides is 2. The van der Waals surface area contributed by atoms with Crippen LogP contribution in [0.1, 0.15) is 17.7 Å². The first kappa shape index (κ1) is 14.7. The van der Waals surface area contributed by atoms with E-state index in [1.165, 1.54) is 16.7 Å². The normalized spacial score (nSPS) is 18.1. The molecule has 1 aliphatic heterocycles. The third-order valence-corrected chi connectivity index (χ3v) is 4.48. The van der Waals surface area contributed by atoms with Crippen LogP contribution in [0.15, 0.2) is 41.7 Å². The Morgan fingerprint density at radius 3 is 2.55 bits per heavy atom. The third kappa shape index (κ3) is 2.87. The van der Waals surface area contributed by atoms with Crippen LogP contribution in [0.5, 0.6) is 0 Å². The second kappa shape index (κ2) is 5.88. The van der Waals surface area contributed by atoms with Gasteiger partial charge in [0.15, 0.2) is 5.16 Å². The highest BCUT2D eigenvalue weighted by molar-refractivity contribution is 8.00. The molecule has 1 aromatic heterocycles. The lowest BCUT2D eigenvalue weighted by molar-refractivity contribution is -0.121. The number of carbonyl (C=O) groups is 2. The maximum atomic E-state index is 12.5. The van der Waals surface area contributed by atoms with Crippen molar-refractivity contribution in [2.24, 2.45) is 0 Å². The van der Waals surface area contributed by atoms with E-state index in [1.807, 2.05) is 26.0 Å². The molecule has 1 aliphatic rings. The number of carbonyl (C=O) groups excluding carboxylic acids is 2. The van der Waals surface area contributed by atoms with E-state index in [-0.39, 0.29) is 18.2 Å². The summed E-state index contributed by atoms with van der Waals surface area (Å²) in [6.07, 6.45) is 1.83. The van der Waals surface area contributed by atoms with Crippen LogP contribution in [0.2, 0.25) is 0 Å². The molecule has 0 spiro atoms. The molecule has 2 heterocycles. The smallest absolute Gasteiger partial charge is 0.247 e. The molecule has 1 fully saturated rings. The van der Waals surface area contributed by atoms with Gasteiger partial charge in [0.1, 0.15) is 5.25 Å². The van der Waals surface area contributed by atoms with Gasteiger partial charge in [0, 0.05) is 18.3 Å². The molecule has 0 bridgehead atoms. The van der Waals surface area contributed by atoms with Crippen molar-refractivity contribution in [3.63, 3.8) is 0 Å². The maximum Gasteiger partial charge on any atom is 0.247 e. The number of benzene rings is 1. The lowest BCUT2D eigenvalue weighted by atomic mass is 10.2. The molecule has 5 nitrogen and oxygen atoms in total. The van der Waals surface area contributed by atoms with Gasteiger partial charge < -0.3 is 0 Å². The van der Waals surface area contributed by atoms with Gasteiger partial charge in [-0.05, 0) is 32.0 Å². The average molecular weight is 313 g/mol. The summed E-state index contributed by atoms with van der Waals surface area (Å²) in [4.78, 5) is 34.4. The topological polar surface area (TPSA) is 63.2 Å². The lowest BCUT2D eigenvalue weighted by Gasteiger charge is -2.14. The number of imide groups is 1. The fourth-order valence-electron chi connectivity index (χ4n) is 2.27. The highest BCUT2D eigenvalue weighted by Crippen LogP contribution is 2.32. The zero-order valence-electron chi connectivity index (χ0n) is 12.3. The highest BCUT2D eigenvalue weighted by atomic mass is 32.2. The lowest BCUT2D eigenvalue weighted by Crippen LogP contribution is -2.31. The van der Waals surface area contributed by atoms with Crippen molar-refractivity contribution in [3.8, 4) is 0 Å². The Labute approximate surface area is 132 Å². The van der Waals surface area contributed by atoms with Crippen LogP contribution in [0.3, 0.4) is 0 Å². The fraction of sp³-hybridized carbons (Fsp3) is 0.250. The molecule has 0 unspecified atom stereocenters. The molecule has 112 valence electrons. The maximum absolute atomic E-state index is 12.5. The van der Waals surface area contributed by atoms with Gasteiger partial charge in [-0.15, -0.1) is 0 Å². The molecule has 22 heavy (non-hydrogen) atoms. The van der Waals surface area contributed by atoms with Crippen LogP contribution in [-0.2, 0) is 9.59 Å². The summed E-state index contributed by atoms with van der Waals surface area (Å²) in [5, 5.41) is 0.0625. The third-order valence-electron chi connectivity index (χ3n) is 3.42. The van der Waals surface area contributed by atoms with Gasteiger partial charge in [-0.1, -0.05) is 29.5 Å². The second-order valence-electron chi connectivity index (χ2n) is 5.19. The van der Waals surface area contributed by atoms with Crippen LogP contribution >= 0.6 is 11.8 Å². The molecule has 0 N–H and O–H groups in total. The summed E-state index contributed by atoms with van der Waals surface area (Å²) >= 11 is 1.24. The van der Waals surface area contributed by atoms with Crippen molar-refractivity contribution in [1.82, 2.24) is 9.97 Å². The number of thioether (sulfide) groups is 1. The largest absolute Gasteiger partial charge is 0.274 e. The van der Waals surface area contributed by atoms with E-state index in [4.69, 9.17) is 0 Å². The first-order valence-electron chi connectivity index (χ1n) is 6.94. The van der Waals surface area contributed by atoms with Crippen LogP contribution in [0.25, 0.3) is 0 Å². The Morgan fingerprint density at radius 2 is 1.86 bits per heavy atom. The fourth-order valence-corrected chi connectivity index (χ4v) is 3.28. The quantitative estimate of drug-likeness (QED) is 0.643. The van der Waals surface area contributed by atoms with E-state index in [9.17, 15) is 9.59 Å². The molecule has 2 aromatic rings. The van der Waals surface area contributed by atoms with Gasteiger partial charge in [-0.2, -0.15) is 0 Å². The van der Waals surface area contributed by atoms with Gasteiger partial charge in [-0.25, -0.2) is 14.9 Å². The number of hydrogen-bond acceptors (Lipinski definition) is 5. The number of aryl methyl sites for hydroxylation is 2. The molecule has 0 aliphatic carbocycles. The molecule has 2 amide bonds. The number of anilines is 1. The number of hydrogen-bond donors (Lipinski definition) is 0. The summed E-state index contributed by atoms with van der Waals surface area (Å²) in [5.41, 5.74) is 2.54. The van der Waals surface area contributed by atoms with E-state index in [2.05, 4.69) is 9.97 Å². The average Bonchev–Trinajstić information content (AvgIpc) is 2.75. The van der Waals surface area contributed by atoms with Gasteiger partial charge in [0.2, 0.25) is 11.8 Å². The van der Waals surface area contributed by atoms with Gasteiger partial charge in [-0.3, -0.25) is 9.59 Å². The Kier molecular flexibility index (Phi) is 3.94. The molecule has 3 rings (SSSR count). The van der Waals surface area contributed by atoms with Crippen LogP contribution in [0, 0.1) is 13.8 Å². The van der Waals surface area contributed by atoms with Crippen molar-refractivity contribution >= 4 is 29.3 Å². The Balaban J connectivity index is 1.81. The Hall–Kier alpha value is -2.21. The van der Waals surface area contributed by atoms with Crippen molar-refractivity contribution in [2.75, 3.05) is 4.90 Å². The van der Waals surface area contributed by atoms with E-state index in [0.29, 0.717) is 10.8 Å². The Morgan fingerprint density at radius 1 is 1.14 bits per heavy atom. The SMILES string of the molecule is Cc1ccc(N2C(=O)C[C@@H](Sc3nccc(C)n3)C2=O)cc1. The predicted octanol–water partition coefficient (Wildman–Crippen LogP) is 2.52. The summed E-state index contributed by atoms with van der Waals surface area (Å²) in [5.74, 6) is -0.386. The monoisotopic (exact) mass is 313 g/mol. The van der Waals surface area contributed by atoms with Gasteiger partial charge in [0.25, 0.3) is 0 Å². The number of nitrogens with zero attached hydrogens (tertiary/aromatic N) is 3. The van der Waals surface area contributed by atoms with Crippen molar-refractivity contribution in [1.29, 1.82) is 0 Å². The van der Waals surface area contributed by atoms with Crippen molar-refractivity contribution < 1.29 is 9.59 Å². The molecule has 1 saturated heterocycles. The van der Waals surface area contributed by atoms with Crippen LogP contribution < -0.4 is 4.90 Å². The molecule has 1 atom stereocenters. The minimum absolute atomic E-state index is 0.175. The zero-order valence-corrected chi connectivity index (χ0v) is 13.1. The predicted molar refractivity (Wildman–Crippen MR) is 84.7 cm³/mol. The van der Waals surface area contributed by atoms with Crippen molar-refractivity contribution in [3.05, 3.63) is 47.8 Å². The molecular weight excluding hydrogens is 298 g/mol. The molecule has 0 saturated carbocycles. The first-order valence-corrected chi connectivity index (χ1v) is 7.82. The summed E-state index contributed by atoms with van der Waals surface area (Å²) in [6, 6.07) is 9.16. The minimum Gasteiger partial charge on any atom is -0.274 e. The summed E-state index contributed by atoms with van der Waals surface area (Å²) in [7, 11) is 0. The zero-order chi connectivity index (χ0) is 15.7. The molecule has 6 heteroatoms. The van der Waals surface area contributed by atoms with Crippen LogP contribution in [-0.4, -0.2) is 27.0 Å². The van der Waals surface area contributed by atoms with E-state index >= 15 is 0 Å². The van der Waals surface area contributed by atoms with Crippen LogP contribution in [0.4, 0.5) is 5.69 Å². The highest BCUT2D eigenvalue weighted by Gasteiger charge is 2.40. The standard InChI is InChI=1S/C16H15N3O2S/c1-10-3-5-12(6-4-10)19-14(20)9-13(15(19)21)22-16-17-8-7-11(2)18-16/h3-8,13H,9H2,1-2H3/t13-/m1/s1. The van der Waals surface area contributed by atoms with E-state index in [1.54, 1.807) is 24.4 Å². The summed E-state index contributed by atoms with van der Waals surface area (Å²) in [6.45, 7) is 3.83. The van der Waals surface area contributed by atoms with E-state index < -0.39 is 5.25 Å². The molecule has 0 radical (unpaired) electrons. The molecule has 1 aromatic carbocycles. The molecular formula is C16H15N3O2S. The van der Waals surface area contributed by atoms with E-state index in [0.717, 1.165) is 11.3 Å². The summed E-state index contributed by atoms with van der Waals surface area (Å²) < 4.78 is 0. The Bertz CT molecular complexity index is 730. The number of aromatic nitrogens is 2.